The highest BCUT2D eigenvalue weighted by molar-refractivity contribution is 5.90. The lowest BCUT2D eigenvalue weighted by atomic mass is 10.1. The molecule has 1 aromatic carbocycles. The van der Waals surface area contributed by atoms with Gasteiger partial charge in [-0.2, -0.15) is 0 Å². The van der Waals surface area contributed by atoms with Crippen LogP contribution in [0.1, 0.15) is 17.4 Å². The van der Waals surface area contributed by atoms with Crippen LogP contribution >= 0.6 is 0 Å². The molecular weight excluding hydrogens is 301 g/mol. The van der Waals surface area contributed by atoms with Crippen LogP contribution in [0.15, 0.2) is 34.9 Å². The molecule has 1 fully saturated rings. The first-order valence-corrected chi connectivity index (χ1v) is 7.43. The molecule has 23 heavy (non-hydrogen) atoms. The van der Waals surface area contributed by atoms with Crippen LogP contribution in [0.3, 0.4) is 0 Å². The van der Waals surface area contributed by atoms with E-state index >= 15 is 0 Å². The third kappa shape index (κ3) is 4.14. The average molecular weight is 319 g/mol. The van der Waals surface area contributed by atoms with Gasteiger partial charge in [0.25, 0.3) is 0 Å². The minimum Gasteiger partial charge on any atom is -0.371 e. The molecular formula is C16H18FN3O3. The molecule has 0 spiro atoms. The minimum absolute atomic E-state index is 0.162. The summed E-state index contributed by atoms with van der Waals surface area (Å²) in [6, 6.07) is 7.91. The van der Waals surface area contributed by atoms with Gasteiger partial charge in [-0.3, -0.25) is 15.0 Å². The zero-order chi connectivity index (χ0) is 16.2. The van der Waals surface area contributed by atoms with Crippen LogP contribution in [0.2, 0.25) is 0 Å². The fourth-order valence-electron chi connectivity index (χ4n) is 2.53. The number of hydrogen-bond donors (Lipinski definition) is 1. The smallest absolute Gasteiger partial charge is 0.240 e. The second kappa shape index (κ2) is 6.89. The van der Waals surface area contributed by atoms with Crippen LogP contribution in [-0.4, -0.2) is 42.2 Å². The zero-order valence-electron chi connectivity index (χ0n) is 12.8. The van der Waals surface area contributed by atoms with E-state index in [0.29, 0.717) is 31.3 Å². The number of rotatable bonds is 4. The molecule has 1 saturated heterocycles. The lowest BCUT2D eigenvalue weighted by Crippen LogP contribution is -2.42. The molecule has 1 amide bonds. The lowest BCUT2D eigenvalue weighted by molar-refractivity contribution is -0.119. The Morgan fingerprint density at radius 1 is 1.43 bits per heavy atom. The first kappa shape index (κ1) is 15.6. The third-order valence-corrected chi connectivity index (χ3v) is 3.65. The maximum absolute atomic E-state index is 13.0. The SMILES string of the molecule is Cc1cc(NC(=O)CN2CCO[C@H](c3ccc(F)cc3)C2)on1. The van der Waals surface area contributed by atoms with Gasteiger partial charge in [0.05, 0.1) is 24.9 Å². The summed E-state index contributed by atoms with van der Waals surface area (Å²) in [5.41, 5.74) is 1.62. The maximum atomic E-state index is 13.0. The lowest BCUT2D eigenvalue weighted by Gasteiger charge is -2.32. The monoisotopic (exact) mass is 319 g/mol. The molecule has 1 aromatic heterocycles. The first-order valence-electron chi connectivity index (χ1n) is 7.43. The van der Waals surface area contributed by atoms with Crippen LogP contribution in [0.5, 0.6) is 0 Å². The van der Waals surface area contributed by atoms with Crippen molar-refractivity contribution < 1.29 is 18.4 Å². The van der Waals surface area contributed by atoms with Gasteiger partial charge in [0.15, 0.2) is 0 Å². The summed E-state index contributed by atoms with van der Waals surface area (Å²) in [5, 5.41) is 6.39. The number of ether oxygens (including phenoxy) is 1. The largest absolute Gasteiger partial charge is 0.371 e. The van der Waals surface area contributed by atoms with Gasteiger partial charge in [-0.15, -0.1) is 0 Å². The van der Waals surface area contributed by atoms with Gasteiger partial charge in [0.1, 0.15) is 5.82 Å². The number of morpholine rings is 1. The Kier molecular flexibility index (Phi) is 4.68. The van der Waals surface area contributed by atoms with E-state index in [9.17, 15) is 9.18 Å². The molecule has 2 aromatic rings. The summed E-state index contributed by atoms with van der Waals surface area (Å²) in [4.78, 5) is 14.0. The minimum atomic E-state index is -0.275. The summed E-state index contributed by atoms with van der Waals surface area (Å²) in [6.07, 6.45) is -0.162. The molecule has 0 bridgehead atoms. The standard InChI is InChI=1S/C16H18FN3O3/c1-11-8-16(23-19-11)18-15(21)10-20-6-7-22-14(9-20)12-2-4-13(17)5-3-12/h2-5,8,14H,6-7,9-10H2,1H3,(H,18,21)/t14-/m0/s1. The number of carbonyl (C=O) groups is 1. The van der Waals surface area contributed by atoms with Gasteiger partial charge in [-0.25, -0.2) is 4.39 Å². The topological polar surface area (TPSA) is 67.6 Å². The van der Waals surface area contributed by atoms with Crippen molar-refractivity contribution in [2.24, 2.45) is 0 Å². The number of halogens is 1. The van der Waals surface area contributed by atoms with E-state index in [1.54, 1.807) is 25.1 Å². The molecule has 1 aliphatic heterocycles. The number of nitrogens with zero attached hydrogens (tertiary/aromatic N) is 2. The Morgan fingerprint density at radius 3 is 2.91 bits per heavy atom. The van der Waals surface area contributed by atoms with Gasteiger partial charge in [-0.1, -0.05) is 17.3 Å². The first-order chi connectivity index (χ1) is 11.1. The van der Waals surface area contributed by atoms with E-state index in [2.05, 4.69) is 10.5 Å². The van der Waals surface area contributed by atoms with Crippen LogP contribution in [0.4, 0.5) is 10.3 Å². The van der Waals surface area contributed by atoms with E-state index < -0.39 is 0 Å². The molecule has 6 nitrogen and oxygen atoms in total. The number of aryl methyl sites for hydroxylation is 1. The molecule has 0 saturated carbocycles. The van der Waals surface area contributed by atoms with E-state index in [0.717, 1.165) is 5.56 Å². The number of benzene rings is 1. The Hall–Kier alpha value is -2.25. The van der Waals surface area contributed by atoms with E-state index in [4.69, 9.17) is 9.26 Å². The van der Waals surface area contributed by atoms with Gasteiger partial charge in [0.2, 0.25) is 11.8 Å². The van der Waals surface area contributed by atoms with E-state index in [-0.39, 0.29) is 24.4 Å². The molecule has 1 N–H and O–H groups in total. The van der Waals surface area contributed by atoms with Crippen molar-refractivity contribution in [3.63, 3.8) is 0 Å². The number of aromatic nitrogens is 1. The predicted molar refractivity (Wildman–Crippen MR) is 81.4 cm³/mol. The Morgan fingerprint density at radius 2 is 2.22 bits per heavy atom. The summed E-state index contributed by atoms with van der Waals surface area (Å²) in [6.45, 7) is 3.79. The van der Waals surface area contributed by atoms with Gasteiger partial charge >= 0.3 is 0 Å². The molecule has 1 aliphatic rings. The summed E-state index contributed by atoms with van der Waals surface area (Å²) >= 11 is 0. The second-order valence-electron chi connectivity index (χ2n) is 5.53. The molecule has 3 rings (SSSR count). The average Bonchev–Trinajstić information content (AvgIpc) is 2.93. The second-order valence-corrected chi connectivity index (χ2v) is 5.53. The molecule has 2 heterocycles. The van der Waals surface area contributed by atoms with Gasteiger partial charge in [-0.05, 0) is 24.6 Å². The van der Waals surface area contributed by atoms with Crippen molar-refractivity contribution in [3.05, 3.63) is 47.4 Å². The Bertz CT molecular complexity index is 671. The molecule has 0 radical (unpaired) electrons. The quantitative estimate of drug-likeness (QED) is 0.935. The number of amides is 1. The van der Waals surface area contributed by atoms with Crippen molar-refractivity contribution in [2.45, 2.75) is 13.0 Å². The number of carbonyl (C=O) groups excluding carboxylic acids is 1. The summed E-state index contributed by atoms with van der Waals surface area (Å²) in [7, 11) is 0. The Labute approximate surface area is 133 Å². The fourth-order valence-corrected chi connectivity index (χ4v) is 2.53. The highest BCUT2D eigenvalue weighted by Crippen LogP contribution is 2.22. The molecule has 7 heteroatoms. The molecule has 1 atom stereocenters. The molecule has 122 valence electrons. The van der Waals surface area contributed by atoms with E-state index in [1.165, 1.54) is 12.1 Å². The van der Waals surface area contributed by atoms with Crippen molar-refractivity contribution >= 4 is 11.8 Å². The number of anilines is 1. The third-order valence-electron chi connectivity index (χ3n) is 3.65. The van der Waals surface area contributed by atoms with Crippen LogP contribution in [-0.2, 0) is 9.53 Å². The molecule has 0 aliphatic carbocycles. The van der Waals surface area contributed by atoms with Crippen molar-refractivity contribution in [1.29, 1.82) is 0 Å². The van der Waals surface area contributed by atoms with Gasteiger partial charge < -0.3 is 9.26 Å². The van der Waals surface area contributed by atoms with Crippen LogP contribution in [0.25, 0.3) is 0 Å². The van der Waals surface area contributed by atoms with Crippen molar-refractivity contribution in [2.75, 3.05) is 31.6 Å². The Balaban J connectivity index is 1.55. The maximum Gasteiger partial charge on any atom is 0.240 e. The van der Waals surface area contributed by atoms with Crippen molar-refractivity contribution in [1.82, 2.24) is 10.1 Å². The normalized spacial score (nSPS) is 18.8. The summed E-state index contributed by atoms with van der Waals surface area (Å²) in [5.74, 6) is -0.0973. The fraction of sp³-hybridized carbons (Fsp3) is 0.375. The summed E-state index contributed by atoms with van der Waals surface area (Å²) < 4.78 is 23.7. The number of hydrogen-bond acceptors (Lipinski definition) is 5. The predicted octanol–water partition coefficient (Wildman–Crippen LogP) is 2.13. The number of nitrogens with one attached hydrogen (secondary N) is 1. The van der Waals surface area contributed by atoms with Crippen LogP contribution < -0.4 is 5.32 Å². The highest BCUT2D eigenvalue weighted by atomic mass is 19.1. The zero-order valence-corrected chi connectivity index (χ0v) is 12.8. The van der Waals surface area contributed by atoms with Gasteiger partial charge in [0, 0.05) is 19.2 Å². The van der Waals surface area contributed by atoms with Crippen LogP contribution in [0, 0.1) is 12.7 Å². The van der Waals surface area contributed by atoms with E-state index in [1.807, 2.05) is 4.90 Å². The molecule has 0 unspecified atom stereocenters. The van der Waals surface area contributed by atoms with Crippen molar-refractivity contribution in [3.8, 4) is 0 Å². The highest BCUT2D eigenvalue weighted by Gasteiger charge is 2.23.